The Balaban J connectivity index is 2.01. The van der Waals surface area contributed by atoms with Crippen LogP contribution in [0.5, 0.6) is 5.75 Å². The highest BCUT2D eigenvalue weighted by atomic mass is 32.2. The van der Waals surface area contributed by atoms with E-state index in [4.69, 9.17) is 4.74 Å². The third-order valence-electron chi connectivity index (χ3n) is 3.78. The number of ether oxygens (including phenoxy) is 1. The molecule has 0 amide bonds. The molecule has 0 saturated carbocycles. The molecule has 0 aliphatic heterocycles. The van der Waals surface area contributed by atoms with Gasteiger partial charge < -0.3 is 10.1 Å². The first-order valence-electron chi connectivity index (χ1n) is 8.42. The number of hydrogen-bond donors (Lipinski definition) is 1. The maximum Gasteiger partial charge on any atom is 0.227 e. The third kappa shape index (κ3) is 4.29. The molecule has 3 aromatic rings. The normalized spacial score (nSPS) is 10.8. The smallest absolute Gasteiger partial charge is 0.227 e. The van der Waals surface area contributed by atoms with E-state index < -0.39 is 0 Å². The number of halogens is 1. The molecule has 0 atom stereocenters. The van der Waals surface area contributed by atoms with Crippen LogP contribution in [0.3, 0.4) is 0 Å². The zero-order valence-electron chi connectivity index (χ0n) is 15.3. The van der Waals surface area contributed by atoms with Crippen molar-refractivity contribution in [2.45, 2.75) is 25.7 Å². The molecule has 1 N–H and O–H groups in total. The summed E-state index contributed by atoms with van der Waals surface area (Å²) in [7, 11) is 0. The Morgan fingerprint density at radius 1 is 1.30 bits per heavy atom. The maximum atomic E-state index is 13.8. The van der Waals surface area contributed by atoms with Crippen molar-refractivity contribution in [2.75, 3.05) is 11.6 Å². The molecule has 0 unspecified atom stereocenters. The fourth-order valence-corrected chi connectivity index (χ4v) is 3.15. The summed E-state index contributed by atoms with van der Waals surface area (Å²) in [5.41, 5.74) is 2.29. The molecule has 0 spiro atoms. The van der Waals surface area contributed by atoms with Crippen molar-refractivity contribution in [1.82, 2.24) is 9.97 Å². The first kappa shape index (κ1) is 18.9. The highest BCUT2D eigenvalue weighted by molar-refractivity contribution is 7.97. The molecule has 0 radical (unpaired) electrons. The predicted molar refractivity (Wildman–Crippen MR) is 107 cm³/mol. The Bertz CT molecular complexity index is 1020. The number of rotatable bonds is 6. The van der Waals surface area contributed by atoms with Gasteiger partial charge in [-0.25, -0.2) is 14.4 Å². The van der Waals surface area contributed by atoms with E-state index in [1.165, 1.54) is 6.07 Å². The average Bonchev–Trinajstić information content (AvgIpc) is 2.65. The Hall–Kier alpha value is -2.85. The third-order valence-corrected chi connectivity index (χ3v) is 4.38. The van der Waals surface area contributed by atoms with Crippen molar-refractivity contribution in [3.05, 3.63) is 53.5 Å². The van der Waals surface area contributed by atoms with Gasteiger partial charge in [0.25, 0.3) is 0 Å². The van der Waals surface area contributed by atoms with Crippen LogP contribution in [0.4, 0.5) is 16.0 Å². The van der Waals surface area contributed by atoms with Crippen LogP contribution < -0.4 is 10.1 Å². The number of fused-ring (bicyclic) bond motifs is 1. The van der Waals surface area contributed by atoms with Gasteiger partial charge in [-0.3, -0.25) is 0 Å². The molecule has 0 aliphatic carbocycles. The topological polar surface area (TPSA) is 70.8 Å². The number of aromatic nitrogens is 2. The van der Waals surface area contributed by atoms with Crippen molar-refractivity contribution in [1.29, 1.82) is 5.26 Å². The number of nitriles is 1. The maximum absolute atomic E-state index is 13.8. The molecule has 1 aromatic heterocycles. The lowest BCUT2D eigenvalue weighted by molar-refractivity contribution is 0.244. The molecule has 27 heavy (non-hydrogen) atoms. The van der Waals surface area contributed by atoms with Gasteiger partial charge in [-0.15, -0.1) is 0 Å². The Morgan fingerprint density at radius 2 is 2.11 bits per heavy atom. The minimum atomic E-state index is -0.236. The average molecular weight is 382 g/mol. The minimum absolute atomic E-state index is 0.0970. The van der Waals surface area contributed by atoms with E-state index >= 15 is 0 Å². The summed E-state index contributed by atoms with van der Waals surface area (Å²) in [6, 6.07) is 10.4. The van der Waals surface area contributed by atoms with Crippen molar-refractivity contribution in [2.24, 2.45) is 0 Å². The monoisotopic (exact) mass is 382 g/mol. The van der Waals surface area contributed by atoms with E-state index in [1.807, 2.05) is 20.1 Å². The summed E-state index contributed by atoms with van der Waals surface area (Å²) in [5, 5.41) is 13.3. The molecule has 2 aromatic carbocycles. The van der Waals surface area contributed by atoms with Crippen molar-refractivity contribution >= 4 is 34.3 Å². The van der Waals surface area contributed by atoms with Crippen LogP contribution in [0, 0.1) is 17.1 Å². The van der Waals surface area contributed by atoms with E-state index in [0.717, 1.165) is 5.39 Å². The fraction of sp³-hybridized carbons (Fsp3) is 0.250. The van der Waals surface area contributed by atoms with E-state index in [9.17, 15) is 9.65 Å². The SMILES string of the molecule is CSCc1cc(Nc2ncc3ccc(C#N)c(OC(C)C)c3n2)ccc1F. The molecule has 0 saturated heterocycles. The van der Waals surface area contributed by atoms with Gasteiger partial charge in [-0.2, -0.15) is 17.0 Å². The molecule has 0 fully saturated rings. The van der Waals surface area contributed by atoms with Crippen molar-refractivity contribution < 1.29 is 9.13 Å². The van der Waals surface area contributed by atoms with Crippen LogP contribution in [-0.2, 0) is 5.75 Å². The van der Waals surface area contributed by atoms with Crippen LogP contribution in [-0.4, -0.2) is 22.3 Å². The summed E-state index contributed by atoms with van der Waals surface area (Å²) < 4.78 is 19.7. The van der Waals surface area contributed by atoms with E-state index in [0.29, 0.717) is 39.8 Å². The predicted octanol–water partition coefficient (Wildman–Crippen LogP) is 5.03. The zero-order valence-corrected chi connectivity index (χ0v) is 16.1. The van der Waals surface area contributed by atoms with E-state index in [1.54, 1.807) is 42.2 Å². The lowest BCUT2D eigenvalue weighted by Crippen LogP contribution is -2.08. The summed E-state index contributed by atoms with van der Waals surface area (Å²) >= 11 is 1.55. The largest absolute Gasteiger partial charge is 0.487 e. The Kier molecular flexibility index (Phi) is 5.77. The first-order valence-corrected chi connectivity index (χ1v) is 9.82. The van der Waals surface area contributed by atoms with Crippen molar-refractivity contribution in [3.63, 3.8) is 0 Å². The first-order chi connectivity index (χ1) is 13.0. The molecule has 0 aliphatic rings. The lowest BCUT2D eigenvalue weighted by Gasteiger charge is -2.14. The number of nitrogens with zero attached hydrogens (tertiary/aromatic N) is 3. The standard InChI is InChI=1S/C20H19FN4OS/c1-12(2)26-19-13(9-22)4-5-14-10-23-20(25-18(14)19)24-16-6-7-17(21)15(8-16)11-27-3/h4-8,10,12H,11H2,1-3H3,(H,23,24,25). The second-order valence-electron chi connectivity index (χ2n) is 6.22. The number of nitrogens with one attached hydrogen (secondary N) is 1. The van der Waals surface area contributed by atoms with Gasteiger partial charge in [-0.1, -0.05) is 0 Å². The summed E-state index contributed by atoms with van der Waals surface area (Å²) in [6.07, 6.45) is 3.50. The van der Waals surface area contributed by atoms with Gasteiger partial charge in [0.2, 0.25) is 5.95 Å². The number of hydrogen-bond acceptors (Lipinski definition) is 6. The molecule has 138 valence electrons. The van der Waals surface area contributed by atoms with Gasteiger partial charge in [0.05, 0.1) is 11.7 Å². The van der Waals surface area contributed by atoms with Crippen LogP contribution in [0.1, 0.15) is 25.0 Å². The summed E-state index contributed by atoms with van der Waals surface area (Å²) in [6.45, 7) is 3.79. The van der Waals surface area contributed by atoms with Gasteiger partial charge in [0.15, 0.2) is 5.75 Å². The van der Waals surface area contributed by atoms with Crippen LogP contribution in [0.2, 0.25) is 0 Å². The molecule has 7 heteroatoms. The summed E-state index contributed by atoms with van der Waals surface area (Å²) in [5.74, 6) is 1.14. The van der Waals surface area contributed by atoms with Gasteiger partial charge in [0.1, 0.15) is 17.4 Å². The van der Waals surface area contributed by atoms with Crippen molar-refractivity contribution in [3.8, 4) is 11.8 Å². The van der Waals surface area contributed by atoms with E-state index in [2.05, 4.69) is 21.4 Å². The zero-order chi connectivity index (χ0) is 19.4. The second kappa shape index (κ2) is 8.23. The molecular formula is C20H19FN4OS. The Labute approximate surface area is 161 Å². The minimum Gasteiger partial charge on any atom is -0.487 e. The highest BCUT2D eigenvalue weighted by Crippen LogP contribution is 2.30. The number of anilines is 2. The molecular weight excluding hydrogens is 363 g/mol. The molecule has 5 nitrogen and oxygen atoms in total. The molecule has 0 bridgehead atoms. The van der Waals surface area contributed by atoms with Gasteiger partial charge >= 0.3 is 0 Å². The second-order valence-corrected chi connectivity index (χ2v) is 7.08. The quantitative estimate of drug-likeness (QED) is 0.644. The summed E-state index contributed by atoms with van der Waals surface area (Å²) in [4.78, 5) is 8.85. The molecule has 1 heterocycles. The van der Waals surface area contributed by atoms with Gasteiger partial charge in [-0.05, 0) is 56.0 Å². The van der Waals surface area contributed by atoms with Crippen LogP contribution in [0.15, 0.2) is 36.5 Å². The number of thioether (sulfide) groups is 1. The molecule has 3 rings (SSSR count). The lowest BCUT2D eigenvalue weighted by atomic mass is 10.1. The van der Waals surface area contributed by atoms with Gasteiger partial charge in [0, 0.05) is 23.0 Å². The van der Waals surface area contributed by atoms with Crippen LogP contribution >= 0.6 is 11.8 Å². The Morgan fingerprint density at radius 3 is 2.81 bits per heavy atom. The highest BCUT2D eigenvalue weighted by Gasteiger charge is 2.14. The number of benzene rings is 2. The van der Waals surface area contributed by atoms with Crippen LogP contribution in [0.25, 0.3) is 10.9 Å². The fourth-order valence-electron chi connectivity index (χ4n) is 2.62. The van der Waals surface area contributed by atoms with E-state index in [-0.39, 0.29) is 11.9 Å².